The summed E-state index contributed by atoms with van der Waals surface area (Å²) in [6.07, 6.45) is 26.5. The Hall–Kier alpha value is 0.103. The van der Waals surface area contributed by atoms with Crippen LogP contribution in [0.2, 0.25) is 0 Å². The normalized spacial score (nSPS) is 31.6. The van der Waals surface area contributed by atoms with Crippen LogP contribution in [0.4, 0.5) is 0 Å². The van der Waals surface area contributed by atoms with E-state index in [2.05, 4.69) is 70.6 Å². The van der Waals surface area contributed by atoms with Crippen molar-refractivity contribution < 1.29 is 26.2 Å². The Kier molecular flexibility index (Phi) is 11.4. The van der Waals surface area contributed by atoms with E-state index in [4.69, 9.17) is 0 Å². The molecule has 151 valence electrons. The van der Waals surface area contributed by atoms with E-state index in [1.165, 1.54) is 44.9 Å². The van der Waals surface area contributed by atoms with Gasteiger partial charge >= 0.3 is 26.2 Å². The van der Waals surface area contributed by atoms with E-state index in [9.17, 15) is 0 Å². The van der Waals surface area contributed by atoms with E-state index in [-0.39, 0.29) is 41.1 Å². The molecule has 3 aliphatic carbocycles. The molecule has 4 atom stereocenters. The van der Waals surface area contributed by atoms with Gasteiger partial charge in [-0.2, -0.15) is 12.3 Å². The molecule has 3 aliphatic rings. The van der Waals surface area contributed by atoms with E-state index in [0.717, 1.165) is 17.8 Å². The van der Waals surface area contributed by atoms with Crippen molar-refractivity contribution in [2.24, 2.45) is 34.5 Å². The number of allylic oxidation sites excluding steroid dienone is 6. The van der Waals surface area contributed by atoms with Gasteiger partial charge in [0.15, 0.2) is 0 Å². The summed E-state index contributed by atoms with van der Waals surface area (Å²) >= 11 is 0. The predicted octanol–water partition coefficient (Wildman–Crippen LogP) is 8.05. The smallest absolute Gasteiger partial charge is 0.358 e. The first-order valence-corrected chi connectivity index (χ1v) is 10.4. The zero-order valence-electron chi connectivity index (χ0n) is 18.8. The number of fused-ring (bicyclic) bond motifs is 1. The van der Waals surface area contributed by atoms with Crippen LogP contribution in [0.1, 0.15) is 72.6 Å². The number of rotatable bonds is 7. The molecule has 0 bridgehead atoms. The molecule has 1 radical (unpaired) electrons. The van der Waals surface area contributed by atoms with E-state index >= 15 is 0 Å². The van der Waals surface area contributed by atoms with E-state index in [0.29, 0.717) is 16.7 Å². The van der Waals surface area contributed by atoms with Crippen LogP contribution in [0.3, 0.4) is 0 Å². The fraction of sp³-hybridized carbons (Fsp3) is 0.654. The Balaban J connectivity index is 0.00000225. The summed E-state index contributed by atoms with van der Waals surface area (Å²) in [6.45, 7) is 9.89. The van der Waals surface area contributed by atoms with Gasteiger partial charge in [-0.15, -0.1) is 0 Å². The van der Waals surface area contributed by atoms with Gasteiger partial charge in [-0.1, -0.05) is 77.0 Å². The maximum atomic E-state index is 2.68. The van der Waals surface area contributed by atoms with Crippen molar-refractivity contribution in [3.05, 3.63) is 57.7 Å². The Labute approximate surface area is 190 Å². The summed E-state index contributed by atoms with van der Waals surface area (Å²) in [7, 11) is 0. The first-order valence-electron chi connectivity index (χ1n) is 10.4. The third-order valence-electron chi connectivity index (χ3n) is 7.97. The molecule has 0 heterocycles. The van der Waals surface area contributed by atoms with Gasteiger partial charge in [-0.25, -0.2) is 0 Å². The van der Waals surface area contributed by atoms with Crippen LogP contribution in [-0.2, 0) is 26.2 Å². The second-order valence-corrected chi connectivity index (χ2v) is 8.86. The van der Waals surface area contributed by atoms with Crippen LogP contribution in [-0.4, -0.2) is 0 Å². The molecule has 3 rings (SSSR count). The summed E-state index contributed by atoms with van der Waals surface area (Å²) in [6, 6.07) is 0. The average molecular weight is 447 g/mol. The summed E-state index contributed by atoms with van der Waals surface area (Å²) in [4.78, 5) is 0. The first-order chi connectivity index (χ1) is 11.6. The van der Waals surface area contributed by atoms with Crippen molar-refractivity contribution in [1.29, 1.82) is 0 Å². The van der Waals surface area contributed by atoms with Gasteiger partial charge in [-0.3, -0.25) is 0 Å². The van der Waals surface area contributed by atoms with Gasteiger partial charge < -0.3 is 21.3 Å². The Morgan fingerprint density at radius 1 is 1.07 bits per heavy atom. The number of hydrogen-bond acceptors (Lipinski definition) is 0. The zero-order valence-corrected chi connectivity index (χ0v) is 21.3. The molecule has 0 N–H and O–H groups in total. The van der Waals surface area contributed by atoms with Crippen molar-refractivity contribution in [2.45, 2.75) is 72.6 Å². The standard InChI is InChI=1S/C24H37.2CH3.Zr/c1-5-24(6-2)18-16-21-14-9-15-22(21)23(24,4)17-10-11-19(3)20-12-7-8-13-20;;;/h7-8,12-13,15-16,18-22H,5-6,9-11,14,17H2,1-4H3;2*1H3;/q3*-1;+3. The maximum Gasteiger partial charge on any atom is 3.00 e. The monoisotopic (exact) mass is 445 g/mol. The van der Waals surface area contributed by atoms with Gasteiger partial charge in [0.2, 0.25) is 0 Å². The topological polar surface area (TPSA) is 0 Å². The molecule has 1 fully saturated rings. The number of hydrogen-bond donors (Lipinski definition) is 0. The van der Waals surface area contributed by atoms with E-state index in [1.54, 1.807) is 0 Å². The molecule has 0 aromatic heterocycles. The molecule has 1 heteroatoms. The average Bonchev–Trinajstić information content (AvgIpc) is 3.27. The Morgan fingerprint density at radius 3 is 2.30 bits per heavy atom. The summed E-state index contributed by atoms with van der Waals surface area (Å²) < 4.78 is 0. The molecule has 0 aromatic carbocycles. The molecule has 0 nitrogen and oxygen atoms in total. The largest absolute Gasteiger partial charge is 3.00 e. The Bertz CT molecular complexity index is 498. The summed E-state index contributed by atoms with van der Waals surface area (Å²) in [5, 5.41) is 0. The summed E-state index contributed by atoms with van der Waals surface area (Å²) in [5.41, 5.74) is 0.860. The zero-order chi connectivity index (χ0) is 17.2. The van der Waals surface area contributed by atoms with Gasteiger partial charge in [0.25, 0.3) is 0 Å². The van der Waals surface area contributed by atoms with Crippen LogP contribution in [0.15, 0.2) is 36.5 Å². The third-order valence-corrected chi connectivity index (χ3v) is 7.97. The maximum absolute atomic E-state index is 2.68. The fourth-order valence-corrected chi connectivity index (χ4v) is 6.12. The minimum Gasteiger partial charge on any atom is -0.358 e. The van der Waals surface area contributed by atoms with Gasteiger partial charge in [0.1, 0.15) is 0 Å². The molecule has 0 saturated heterocycles. The summed E-state index contributed by atoms with van der Waals surface area (Å²) in [5.74, 6) is 3.09. The molecule has 0 aliphatic heterocycles. The second-order valence-electron chi connectivity index (χ2n) is 8.86. The third kappa shape index (κ3) is 4.99. The van der Waals surface area contributed by atoms with Crippen molar-refractivity contribution in [3.8, 4) is 0 Å². The first kappa shape index (κ1) is 27.1. The van der Waals surface area contributed by atoms with Crippen molar-refractivity contribution >= 4 is 0 Å². The molecule has 27 heavy (non-hydrogen) atoms. The second kappa shape index (κ2) is 11.3. The van der Waals surface area contributed by atoms with Crippen LogP contribution in [0.25, 0.3) is 0 Å². The fourth-order valence-electron chi connectivity index (χ4n) is 6.12. The molecular weight excluding hydrogens is 404 g/mol. The molecule has 0 spiro atoms. The SMILES string of the molecule is CCC1(CC)C=CC2CC[CH-]C2C1(C)CCCC(C)C1C=CC=C1.[CH3-].[CH3-].[Zr+3]. The van der Waals surface area contributed by atoms with E-state index in [1.807, 2.05) is 0 Å². The quantitative estimate of drug-likeness (QED) is 0.274. The minimum absolute atomic E-state index is 0. The predicted molar refractivity (Wildman–Crippen MR) is 118 cm³/mol. The van der Waals surface area contributed by atoms with Crippen LogP contribution in [0.5, 0.6) is 0 Å². The molecule has 0 aromatic rings. The van der Waals surface area contributed by atoms with Crippen molar-refractivity contribution in [3.63, 3.8) is 0 Å². The van der Waals surface area contributed by atoms with Crippen LogP contribution in [0, 0.1) is 55.8 Å². The van der Waals surface area contributed by atoms with Crippen LogP contribution >= 0.6 is 0 Å². The van der Waals surface area contributed by atoms with Crippen molar-refractivity contribution in [1.82, 2.24) is 0 Å². The van der Waals surface area contributed by atoms with Gasteiger partial charge in [-0.05, 0) is 54.3 Å². The van der Waals surface area contributed by atoms with Crippen molar-refractivity contribution in [2.75, 3.05) is 0 Å². The minimum atomic E-state index is 0. The van der Waals surface area contributed by atoms with Gasteiger partial charge in [0.05, 0.1) is 0 Å². The van der Waals surface area contributed by atoms with Gasteiger partial charge in [0, 0.05) is 0 Å². The Morgan fingerprint density at radius 2 is 1.70 bits per heavy atom. The molecule has 1 saturated carbocycles. The molecule has 0 amide bonds. The molecular formula is C26H43Zr. The molecule has 4 unspecified atom stereocenters. The van der Waals surface area contributed by atoms with E-state index < -0.39 is 0 Å². The van der Waals surface area contributed by atoms with Crippen LogP contribution < -0.4 is 0 Å².